The summed E-state index contributed by atoms with van der Waals surface area (Å²) in [5, 5.41) is 7.82. The summed E-state index contributed by atoms with van der Waals surface area (Å²) in [6.07, 6.45) is 2.52. The van der Waals surface area contributed by atoms with Gasteiger partial charge in [0.05, 0.1) is 24.1 Å². The quantitative estimate of drug-likeness (QED) is 0.862. The molecule has 96 valence electrons. The lowest BCUT2D eigenvalue weighted by Crippen LogP contribution is -2.41. The maximum Gasteiger partial charge on any atom is 0.0889 e. The minimum Gasteiger partial charge on any atom is -0.370 e. The Balaban J connectivity index is 1.90. The average Bonchev–Trinajstić information content (AvgIpc) is 2.69. The zero-order valence-electron chi connectivity index (χ0n) is 11.1. The van der Waals surface area contributed by atoms with Crippen LogP contribution in [0.5, 0.6) is 0 Å². The number of rotatable bonds is 4. The Labute approximate surface area is 103 Å². The van der Waals surface area contributed by atoms with Gasteiger partial charge in [-0.05, 0) is 31.4 Å². The Morgan fingerprint density at radius 3 is 3.06 bits per heavy atom. The van der Waals surface area contributed by atoms with Crippen molar-refractivity contribution in [3.05, 3.63) is 17.5 Å². The van der Waals surface area contributed by atoms with Gasteiger partial charge in [0.15, 0.2) is 0 Å². The Hall–Kier alpha value is -0.870. The largest absolute Gasteiger partial charge is 0.370 e. The fourth-order valence-electron chi connectivity index (χ4n) is 2.26. The first-order valence-corrected chi connectivity index (χ1v) is 6.54. The van der Waals surface area contributed by atoms with Gasteiger partial charge in [0, 0.05) is 13.6 Å². The maximum atomic E-state index is 6.00. The van der Waals surface area contributed by atoms with E-state index in [1.165, 1.54) is 12.1 Å². The molecule has 4 heteroatoms. The van der Waals surface area contributed by atoms with Crippen LogP contribution in [0, 0.1) is 5.92 Å². The molecule has 2 rings (SSSR count). The van der Waals surface area contributed by atoms with Crippen molar-refractivity contribution in [2.24, 2.45) is 13.0 Å². The van der Waals surface area contributed by atoms with Crippen LogP contribution in [0.1, 0.15) is 31.7 Å². The highest BCUT2D eigenvalue weighted by atomic mass is 16.5. The molecule has 0 bridgehead atoms. The molecule has 0 saturated carbocycles. The van der Waals surface area contributed by atoms with Crippen molar-refractivity contribution in [1.29, 1.82) is 0 Å². The molecule has 2 heterocycles. The molecular weight excluding hydrogens is 214 g/mol. The van der Waals surface area contributed by atoms with Gasteiger partial charge in [0.25, 0.3) is 0 Å². The molecule has 0 aliphatic carbocycles. The zero-order chi connectivity index (χ0) is 12.3. The van der Waals surface area contributed by atoms with E-state index in [0.29, 0.717) is 18.6 Å². The second kappa shape index (κ2) is 5.65. The highest BCUT2D eigenvalue weighted by molar-refractivity contribution is 5.09. The monoisotopic (exact) mass is 237 g/mol. The molecule has 4 nitrogen and oxygen atoms in total. The van der Waals surface area contributed by atoms with E-state index in [1.54, 1.807) is 0 Å². The summed E-state index contributed by atoms with van der Waals surface area (Å²) in [4.78, 5) is 0. The van der Waals surface area contributed by atoms with Crippen LogP contribution >= 0.6 is 0 Å². The molecule has 17 heavy (non-hydrogen) atoms. The number of aromatic nitrogens is 2. The van der Waals surface area contributed by atoms with Crippen LogP contribution in [0.2, 0.25) is 0 Å². The SMILES string of the molecule is CCc1cc(COC2CNCCC2C)n(C)n1. The lowest BCUT2D eigenvalue weighted by atomic mass is 9.97. The standard InChI is InChI=1S/C13H23N3O/c1-4-11-7-12(16(3)15-11)9-17-13-8-14-6-5-10(13)2/h7,10,13-14H,4-6,8-9H2,1-3H3. The molecule has 1 fully saturated rings. The third kappa shape index (κ3) is 3.07. The van der Waals surface area contributed by atoms with E-state index in [9.17, 15) is 0 Å². The molecule has 0 radical (unpaired) electrons. The molecule has 1 aromatic heterocycles. The summed E-state index contributed by atoms with van der Waals surface area (Å²) in [5.74, 6) is 0.648. The van der Waals surface area contributed by atoms with Crippen molar-refractivity contribution in [3.8, 4) is 0 Å². The second-order valence-electron chi connectivity index (χ2n) is 4.92. The third-order valence-corrected chi connectivity index (χ3v) is 3.59. The lowest BCUT2D eigenvalue weighted by Gasteiger charge is -2.29. The minimum atomic E-state index is 0.337. The van der Waals surface area contributed by atoms with Crippen LogP contribution in [0.3, 0.4) is 0 Å². The summed E-state index contributed by atoms with van der Waals surface area (Å²) in [6.45, 7) is 7.15. The first kappa shape index (κ1) is 12.6. The Bertz CT molecular complexity index is 362. The fraction of sp³-hybridized carbons (Fsp3) is 0.769. The number of nitrogens with zero attached hydrogens (tertiary/aromatic N) is 2. The molecule has 1 aliphatic heterocycles. The smallest absolute Gasteiger partial charge is 0.0889 e. The summed E-state index contributed by atoms with van der Waals surface area (Å²) in [7, 11) is 1.99. The van der Waals surface area contributed by atoms with Gasteiger partial charge >= 0.3 is 0 Å². The second-order valence-corrected chi connectivity index (χ2v) is 4.92. The molecule has 0 amide bonds. The number of ether oxygens (including phenoxy) is 1. The van der Waals surface area contributed by atoms with Crippen LogP contribution in [0.25, 0.3) is 0 Å². The number of hydrogen-bond acceptors (Lipinski definition) is 3. The number of hydrogen-bond donors (Lipinski definition) is 1. The Morgan fingerprint density at radius 1 is 1.59 bits per heavy atom. The molecule has 2 atom stereocenters. The van der Waals surface area contributed by atoms with Crippen LogP contribution in [-0.4, -0.2) is 29.0 Å². The van der Waals surface area contributed by atoms with Gasteiger partial charge in [-0.3, -0.25) is 4.68 Å². The van der Waals surface area contributed by atoms with E-state index < -0.39 is 0 Å². The normalized spacial score (nSPS) is 25.1. The molecule has 0 spiro atoms. The highest BCUT2D eigenvalue weighted by Crippen LogP contribution is 2.16. The highest BCUT2D eigenvalue weighted by Gasteiger charge is 2.21. The van der Waals surface area contributed by atoms with Crippen LogP contribution < -0.4 is 5.32 Å². The van der Waals surface area contributed by atoms with E-state index in [4.69, 9.17) is 4.74 Å². The summed E-state index contributed by atoms with van der Waals surface area (Å²) >= 11 is 0. The minimum absolute atomic E-state index is 0.337. The van der Waals surface area contributed by atoms with Crippen molar-refractivity contribution in [2.45, 2.75) is 39.4 Å². The summed E-state index contributed by atoms with van der Waals surface area (Å²) in [5.41, 5.74) is 2.31. The van der Waals surface area contributed by atoms with Gasteiger partial charge in [-0.2, -0.15) is 5.10 Å². The summed E-state index contributed by atoms with van der Waals surface area (Å²) < 4.78 is 7.93. The maximum absolute atomic E-state index is 6.00. The first-order valence-electron chi connectivity index (χ1n) is 6.54. The average molecular weight is 237 g/mol. The summed E-state index contributed by atoms with van der Waals surface area (Å²) in [6, 6.07) is 2.14. The lowest BCUT2D eigenvalue weighted by molar-refractivity contribution is -0.00911. The van der Waals surface area contributed by atoms with Crippen molar-refractivity contribution in [2.75, 3.05) is 13.1 Å². The molecule has 0 aromatic carbocycles. The molecule has 1 aromatic rings. The topological polar surface area (TPSA) is 39.1 Å². The molecule has 1 saturated heterocycles. The van der Waals surface area contributed by atoms with Crippen LogP contribution in [0.15, 0.2) is 6.07 Å². The molecule has 1 aliphatic rings. The van der Waals surface area contributed by atoms with E-state index in [0.717, 1.165) is 25.2 Å². The van der Waals surface area contributed by atoms with E-state index in [-0.39, 0.29) is 0 Å². The van der Waals surface area contributed by atoms with Crippen molar-refractivity contribution < 1.29 is 4.74 Å². The number of piperidine rings is 1. The van der Waals surface area contributed by atoms with E-state index in [2.05, 4.69) is 30.3 Å². The van der Waals surface area contributed by atoms with Gasteiger partial charge in [-0.25, -0.2) is 0 Å². The fourth-order valence-corrected chi connectivity index (χ4v) is 2.26. The van der Waals surface area contributed by atoms with Crippen LogP contribution in [0.4, 0.5) is 0 Å². The van der Waals surface area contributed by atoms with Gasteiger partial charge < -0.3 is 10.1 Å². The Morgan fingerprint density at radius 2 is 2.41 bits per heavy atom. The van der Waals surface area contributed by atoms with Gasteiger partial charge in [-0.15, -0.1) is 0 Å². The van der Waals surface area contributed by atoms with Crippen LogP contribution in [-0.2, 0) is 24.8 Å². The van der Waals surface area contributed by atoms with Gasteiger partial charge in [-0.1, -0.05) is 13.8 Å². The predicted molar refractivity (Wildman–Crippen MR) is 67.8 cm³/mol. The van der Waals surface area contributed by atoms with Crippen molar-refractivity contribution >= 4 is 0 Å². The Kier molecular flexibility index (Phi) is 4.18. The molecule has 1 N–H and O–H groups in total. The van der Waals surface area contributed by atoms with E-state index in [1.807, 2.05) is 11.7 Å². The third-order valence-electron chi connectivity index (χ3n) is 3.59. The number of nitrogens with one attached hydrogen (secondary N) is 1. The molecule has 2 unspecified atom stereocenters. The van der Waals surface area contributed by atoms with Crippen molar-refractivity contribution in [3.63, 3.8) is 0 Å². The zero-order valence-corrected chi connectivity index (χ0v) is 11.1. The predicted octanol–water partition coefficient (Wildman–Crippen LogP) is 1.50. The number of aryl methyl sites for hydroxylation is 2. The molecular formula is C13H23N3O. The van der Waals surface area contributed by atoms with Crippen molar-refractivity contribution in [1.82, 2.24) is 15.1 Å². The first-order chi connectivity index (χ1) is 8.20. The van der Waals surface area contributed by atoms with E-state index >= 15 is 0 Å². The van der Waals surface area contributed by atoms with Gasteiger partial charge in [0.2, 0.25) is 0 Å². The van der Waals surface area contributed by atoms with Gasteiger partial charge in [0.1, 0.15) is 0 Å².